The van der Waals surface area contributed by atoms with Crippen LogP contribution in [0.5, 0.6) is 0 Å². The lowest BCUT2D eigenvalue weighted by Crippen LogP contribution is -2.32. The molecule has 1 amide bonds. The van der Waals surface area contributed by atoms with Crippen molar-refractivity contribution < 1.29 is 9.72 Å². The van der Waals surface area contributed by atoms with Crippen molar-refractivity contribution in [1.29, 1.82) is 0 Å². The zero-order chi connectivity index (χ0) is 16.1. The van der Waals surface area contributed by atoms with E-state index in [0.717, 1.165) is 0 Å². The van der Waals surface area contributed by atoms with Crippen LogP contribution in [0.4, 0.5) is 17.1 Å². The number of anilines is 2. The van der Waals surface area contributed by atoms with Crippen molar-refractivity contribution >= 4 is 34.6 Å². The van der Waals surface area contributed by atoms with Gasteiger partial charge in [0.05, 0.1) is 4.92 Å². The summed E-state index contributed by atoms with van der Waals surface area (Å²) < 4.78 is 0. The minimum atomic E-state index is -0.653. The number of hydrogen-bond acceptors (Lipinski definition) is 4. The van der Waals surface area contributed by atoms with Crippen molar-refractivity contribution in [3.63, 3.8) is 0 Å². The summed E-state index contributed by atoms with van der Waals surface area (Å²) in [4.78, 5) is 22.6. The van der Waals surface area contributed by atoms with Gasteiger partial charge in [0.15, 0.2) is 0 Å². The number of para-hydroxylation sites is 1. The molecule has 6 nitrogen and oxygen atoms in total. The van der Waals surface area contributed by atoms with Crippen LogP contribution in [0.1, 0.15) is 6.92 Å². The first kappa shape index (κ1) is 15.8. The van der Waals surface area contributed by atoms with E-state index >= 15 is 0 Å². The number of carbonyl (C=O) groups is 1. The standard InChI is InChI=1S/C15H14ClN3O3/c1-10(15(20)18-12-5-3-2-4-6-12)17-13-8-7-11(16)9-14(13)19(21)22/h2-10,17H,1H3,(H,18,20). The number of nitrogens with one attached hydrogen (secondary N) is 2. The van der Waals surface area contributed by atoms with Crippen LogP contribution in [0.25, 0.3) is 0 Å². The van der Waals surface area contributed by atoms with Crippen LogP contribution in [-0.2, 0) is 4.79 Å². The van der Waals surface area contributed by atoms with Gasteiger partial charge >= 0.3 is 0 Å². The Hall–Kier alpha value is -2.60. The third kappa shape index (κ3) is 3.95. The first-order valence-corrected chi connectivity index (χ1v) is 6.91. The van der Waals surface area contributed by atoms with Gasteiger partial charge in [0, 0.05) is 16.8 Å². The summed E-state index contributed by atoms with van der Waals surface area (Å²) in [7, 11) is 0. The smallest absolute Gasteiger partial charge is 0.293 e. The summed E-state index contributed by atoms with van der Waals surface area (Å²) in [5, 5.41) is 16.8. The van der Waals surface area contributed by atoms with Crippen LogP contribution < -0.4 is 10.6 Å². The molecule has 0 radical (unpaired) electrons. The van der Waals surface area contributed by atoms with E-state index in [1.165, 1.54) is 18.2 Å². The molecule has 2 aromatic carbocycles. The molecule has 0 saturated heterocycles. The average Bonchev–Trinajstić information content (AvgIpc) is 2.49. The van der Waals surface area contributed by atoms with Gasteiger partial charge in [-0.1, -0.05) is 29.8 Å². The summed E-state index contributed by atoms with van der Waals surface area (Å²) in [6.07, 6.45) is 0. The molecule has 2 aromatic rings. The topological polar surface area (TPSA) is 84.3 Å². The molecule has 0 saturated carbocycles. The van der Waals surface area contributed by atoms with Crippen LogP contribution in [0.15, 0.2) is 48.5 Å². The van der Waals surface area contributed by atoms with Gasteiger partial charge in [0.25, 0.3) is 5.69 Å². The second kappa shape index (κ2) is 6.91. The molecule has 0 aliphatic heterocycles. The van der Waals surface area contributed by atoms with E-state index in [1.54, 1.807) is 31.2 Å². The van der Waals surface area contributed by atoms with E-state index in [9.17, 15) is 14.9 Å². The summed E-state index contributed by atoms with van der Waals surface area (Å²) in [6.45, 7) is 1.62. The maximum absolute atomic E-state index is 12.1. The van der Waals surface area contributed by atoms with Gasteiger partial charge in [-0.2, -0.15) is 0 Å². The molecule has 0 bridgehead atoms. The number of nitro groups is 1. The molecule has 1 unspecified atom stereocenters. The molecule has 2 rings (SSSR count). The van der Waals surface area contributed by atoms with Crippen molar-refractivity contribution in [2.75, 3.05) is 10.6 Å². The molecular weight excluding hydrogens is 306 g/mol. The molecule has 0 spiro atoms. The molecule has 1 atom stereocenters. The number of benzene rings is 2. The molecule has 114 valence electrons. The number of halogens is 1. The quantitative estimate of drug-likeness (QED) is 0.650. The molecule has 0 aromatic heterocycles. The van der Waals surface area contributed by atoms with E-state index in [2.05, 4.69) is 10.6 Å². The van der Waals surface area contributed by atoms with E-state index < -0.39 is 11.0 Å². The normalized spacial score (nSPS) is 11.5. The van der Waals surface area contributed by atoms with Gasteiger partial charge in [-0.05, 0) is 31.2 Å². The predicted molar refractivity (Wildman–Crippen MR) is 86.3 cm³/mol. The minimum Gasteiger partial charge on any atom is -0.368 e. The highest BCUT2D eigenvalue weighted by Crippen LogP contribution is 2.28. The lowest BCUT2D eigenvalue weighted by Gasteiger charge is -2.15. The monoisotopic (exact) mass is 319 g/mol. The Morgan fingerprint density at radius 2 is 1.91 bits per heavy atom. The van der Waals surface area contributed by atoms with E-state index in [-0.39, 0.29) is 22.3 Å². The highest BCUT2D eigenvalue weighted by atomic mass is 35.5. The van der Waals surface area contributed by atoms with Crippen molar-refractivity contribution in [2.45, 2.75) is 13.0 Å². The average molecular weight is 320 g/mol. The lowest BCUT2D eigenvalue weighted by atomic mass is 10.2. The van der Waals surface area contributed by atoms with E-state index in [0.29, 0.717) is 5.69 Å². The fourth-order valence-electron chi connectivity index (χ4n) is 1.85. The molecule has 0 heterocycles. The van der Waals surface area contributed by atoms with Crippen molar-refractivity contribution in [3.8, 4) is 0 Å². The first-order valence-electron chi connectivity index (χ1n) is 6.54. The maximum atomic E-state index is 12.1. The number of hydrogen-bond donors (Lipinski definition) is 2. The number of rotatable bonds is 5. The second-order valence-corrected chi connectivity index (χ2v) is 5.08. The van der Waals surface area contributed by atoms with Gasteiger partial charge in [-0.3, -0.25) is 14.9 Å². The maximum Gasteiger partial charge on any atom is 0.293 e. The lowest BCUT2D eigenvalue weighted by molar-refractivity contribution is -0.384. The van der Waals surface area contributed by atoms with Crippen LogP contribution in [0.2, 0.25) is 5.02 Å². The minimum absolute atomic E-state index is 0.174. The SMILES string of the molecule is CC(Nc1ccc(Cl)cc1[N+](=O)[O-])C(=O)Nc1ccccc1. The molecule has 2 N–H and O–H groups in total. The number of amides is 1. The van der Waals surface area contributed by atoms with E-state index in [4.69, 9.17) is 11.6 Å². The second-order valence-electron chi connectivity index (χ2n) is 4.64. The summed E-state index contributed by atoms with van der Waals surface area (Å²) in [6, 6.07) is 12.6. The molecule has 22 heavy (non-hydrogen) atoms. The van der Waals surface area contributed by atoms with Gasteiger partial charge in [-0.15, -0.1) is 0 Å². The van der Waals surface area contributed by atoms with Crippen molar-refractivity contribution in [2.24, 2.45) is 0 Å². The Morgan fingerprint density at radius 1 is 1.23 bits per heavy atom. The van der Waals surface area contributed by atoms with Crippen LogP contribution >= 0.6 is 11.6 Å². The molecule has 0 aliphatic rings. The first-order chi connectivity index (χ1) is 10.5. The highest BCUT2D eigenvalue weighted by molar-refractivity contribution is 6.30. The Labute approximate surface area is 132 Å². The zero-order valence-electron chi connectivity index (χ0n) is 11.7. The van der Waals surface area contributed by atoms with Crippen molar-refractivity contribution in [1.82, 2.24) is 0 Å². The number of nitrogens with zero attached hydrogens (tertiary/aromatic N) is 1. The fraction of sp³-hybridized carbons (Fsp3) is 0.133. The van der Waals surface area contributed by atoms with Crippen LogP contribution in [0.3, 0.4) is 0 Å². The third-order valence-electron chi connectivity index (χ3n) is 2.96. The third-order valence-corrected chi connectivity index (χ3v) is 3.20. The number of carbonyl (C=O) groups excluding carboxylic acids is 1. The molecule has 0 aliphatic carbocycles. The molecular formula is C15H14ClN3O3. The Bertz CT molecular complexity index is 692. The van der Waals surface area contributed by atoms with Crippen molar-refractivity contribution in [3.05, 3.63) is 63.7 Å². The Kier molecular flexibility index (Phi) is 4.95. The highest BCUT2D eigenvalue weighted by Gasteiger charge is 2.19. The van der Waals surface area contributed by atoms with Gasteiger partial charge < -0.3 is 10.6 Å². The van der Waals surface area contributed by atoms with Gasteiger partial charge in [0.2, 0.25) is 5.91 Å². The largest absolute Gasteiger partial charge is 0.368 e. The Balaban J connectivity index is 2.10. The van der Waals surface area contributed by atoms with E-state index in [1.807, 2.05) is 6.07 Å². The van der Waals surface area contributed by atoms with Gasteiger partial charge in [0.1, 0.15) is 11.7 Å². The summed E-state index contributed by atoms with van der Waals surface area (Å²) in [5.74, 6) is -0.296. The summed E-state index contributed by atoms with van der Waals surface area (Å²) >= 11 is 5.76. The predicted octanol–water partition coefficient (Wildman–Crippen LogP) is 3.69. The fourth-order valence-corrected chi connectivity index (χ4v) is 2.02. The number of nitro benzene ring substituents is 1. The summed E-state index contributed by atoms with van der Waals surface area (Å²) in [5.41, 5.74) is 0.726. The van der Waals surface area contributed by atoms with Gasteiger partial charge in [-0.25, -0.2) is 0 Å². The van der Waals surface area contributed by atoms with Crippen LogP contribution in [0, 0.1) is 10.1 Å². The molecule has 0 fully saturated rings. The zero-order valence-corrected chi connectivity index (χ0v) is 12.5. The van der Waals surface area contributed by atoms with Crippen LogP contribution in [-0.4, -0.2) is 16.9 Å². The Morgan fingerprint density at radius 3 is 2.55 bits per heavy atom. The molecule has 7 heteroatoms.